The lowest BCUT2D eigenvalue weighted by atomic mass is 9.51. The van der Waals surface area contributed by atoms with Gasteiger partial charge in [-0.15, -0.1) is 0 Å². The highest BCUT2D eigenvalue weighted by molar-refractivity contribution is 7.83. The van der Waals surface area contributed by atoms with Crippen molar-refractivity contribution in [3.63, 3.8) is 0 Å². The molecule has 0 aliphatic heterocycles. The second kappa shape index (κ2) is 2.13. The fourth-order valence-electron chi connectivity index (χ4n) is 2.07. The summed E-state index contributed by atoms with van der Waals surface area (Å²) in [6.07, 6.45) is 0. The van der Waals surface area contributed by atoms with Crippen LogP contribution in [0.15, 0.2) is 11.0 Å². The zero-order valence-corrected chi connectivity index (χ0v) is 8.33. The van der Waals surface area contributed by atoms with Crippen LogP contribution in [0.2, 0.25) is 0 Å². The molecule has 1 nitrogen and oxygen atoms in total. The van der Waals surface area contributed by atoms with Gasteiger partial charge in [-0.25, -0.2) is 0 Å². The van der Waals surface area contributed by atoms with Crippen molar-refractivity contribution in [2.75, 3.05) is 0 Å². The van der Waals surface area contributed by atoms with Gasteiger partial charge in [-0.1, -0.05) is 0 Å². The normalized spacial score (nSPS) is 26.3. The van der Waals surface area contributed by atoms with Gasteiger partial charge in [-0.2, -0.15) is 12.6 Å². The van der Waals surface area contributed by atoms with Gasteiger partial charge < -0.3 is 0 Å². The van der Waals surface area contributed by atoms with Gasteiger partial charge in [0.15, 0.2) is 5.78 Å². The molecule has 0 aromatic heterocycles. The van der Waals surface area contributed by atoms with E-state index in [-0.39, 0.29) is 10.8 Å². The summed E-state index contributed by atoms with van der Waals surface area (Å²) in [7, 11) is 0. The first-order valence-electron chi connectivity index (χ1n) is 3.75. The minimum atomic E-state index is -0.273. The third kappa shape index (κ3) is 0.886. The maximum atomic E-state index is 11.5. The van der Waals surface area contributed by atoms with Gasteiger partial charge in [-0.05, 0) is 38.7 Å². The minimum Gasteiger partial charge on any atom is -0.298 e. The van der Waals surface area contributed by atoms with Crippen molar-refractivity contribution in [3.8, 4) is 0 Å². The summed E-state index contributed by atoms with van der Waals surface area (Å²) >= 11 is 4.10. The van der Waals surface area contributed by atoms with Crippen LogP contribution in [0.1, 0.15) is 27.7 Å². The van der Waals surface area contributed by atoms with E-state index in [1.54, 1.807) is 5.41 Å². The first-order chi connectivity index (χ1) is 4.85. The van der Waals surface area contributed by atoms with Gasteiger partial charge in [-0.3, -0.25) is 4.79 Å². The molecule has 0 unspecified atom stereocenters. The summed E-state index contributed by atoms with van der Waals surface area (Å²) in [6.45, 7) is 7.79. The van der Waals surface area contributed by atoms with Crippen LogP contribution >= 0.6 is 12.6 Å². The van der Waals surface area contributed by atoms with Crippen molar-refractivity contribution in [2.24, 2.45) is 10.8 Å². The topological polar surface area (TPSA) is 17.1 Å². The van der Waals surface area contributed by atoms with Crippen LogP contribution in [0.5, 0.6) is 0 Å². The average molecular weight is 170 g/mol. The Kier molecular flexibility index (Phi) is 1.71. The standard InChI is InChI=1S/C9H14OS/c1-8(2)6(5-11)9(3,4)7(8)10/h5,11H,1-4H3. The number of allylic oxidation sites excluding steroid dienone is 1. The van der Waals surface area contributed by atoms with Crippen molar-refractivity contribution in [1.29, 1.82) is 0 Å². The number of Topliss-reactive ketones (excluding diaryl/α,β-unsaturated/α-hetero) is 1. The summed E-state index contributed by atoms with van der Waals surface area (Å²) in [5.41, 5.74) is 0.592. The van der Waals surface area contributed by atoms with Crippen molar-refractivity contribution in [2.45, 2.75) is 27.7 Å². The Balaban J connectivity index is 3.08. The smallest absolute Gasteiger partial charge is 0.152 e. The predicted octanol–water partition coefficient (Wildman–Crippen LogP) is 2.44. The third-order valence-electron chi connectivity index (χ3n) is 2.61. The van der Waals surface area contributed by atoms with Crippen LogP contribution in [-0.4, -0.2) is 5.78 Å². The molecule has 0 N–H and O–H groups in total. The SMILES string of the molecule is CC1(C)C(=O)C(C)(C)C1=CS. The molecule has 0 bridgehead atoms. The van der Waals surface area contributed by atoms with E-state index < -0.39 is 0 Å². The number of ketones is 1. The van der Waals surface area contributed by atoms with E-state index in [2.05, 4.69) is 12.6 Å². The molecule has 11 heavy (non-hydrogen) atoms. The fourth-order valence-corrected chi connectivity index (χ4v) is 2.71. The lowest BCUT2D eigenvalue weighted by Crippen LogP contribution is -2.53. The summed E-state index contributed by atoms with van der Waals surface area (Å²) in [6, 6.07) is 0. The highest BCUT2D eigenvalue weighted by Gasteiger charge is 2.56. The Bertz CT molecular complexity index is 216. The van der Waals surface area contributed by atoms with Gasteiger partial charge in [0, 0.05) is 10.8 Å². The van der Waals surface area contributed by atoms with Gasteiger partial charge >= 0.3 is 0 Å². The zero-order chi connectivity index (χ0) is 8.86. The van der Waals surface area contributed by atoms with Crippen LogP contribution in [0, 0.1) is 10.8 Å². The molecule has 62 valence electrons. The van der Waals surface area contributed by atoms with E-state index in [9.17, 15) is 4.79 Å². The molecule has 0 amide bonds. The lowest BCUT2D eigenvalue weighted by Gasteiger charge is -2.50. The number of thiol groups is 1. The molecule has 1 aliphatic carbocycles. The fraction of sp³-hybridized carbons (Fsp3) is 0.667. The molecular weight excluding hydrogens is 156 g/mol. The maximum Gasteiger partial charge on any atom is 0.152 e. The summed E-state index contributed by atoms with van der Waals surface area (Å²) < 4.78 is 0. The van der Waals surface area contributed by atoms with E-state index in [1.165, 1.54) is 0 Å². The molecule has 1 aliphatic rings. The molecule has 0 atom stereocenters. The highest BCUT2D eigenvalue weighted by atomic mass is 32.1. The maximum absolute atomic E-state index is 11.5. The highest BCUT2D eigenvalue weighted by Crippen LogP contribution is 2.54. The van der Waals surface area contributed by atoms with Crippen LogP contribution in [0.4, 0.5) is 0 Å². The Labute approximate surface area is 73.3 Å². The summed E-state index contributed by atoms with van der Waals surface area (Å²) in [5, 5.41) is 1.77. The molecular formula is C9H14OS. The van der Waals surface area contributed by atoms with E-state index in [0.29, 0.717) is 5.78 Å². The second-order valence-corrected chi connectivity index (χ2v) is 4.38. The van der Waals surface area contributed by atoms with E-state index in [4.69, 9.17) is 0 Å². The minimum absolute atomic E-state index is 0.273. The first-order valence-corrected chi connectivity index (χ1v) is 4.27. The third-order valence-corrected chi connectivity index (χ3v) is 2.87. The predicted molar refractivity (Wildman–Crippen MR) is 49.6 cm³/mol. The Morgan fingerprint density at radius 3 is 1.73 bits per heavy atom. The van der Waals surface area contributed by atoms with Gasteiger partial charge in [0.05, 0.1) is 0 Å². The van der Waals surface area contributed by atoms with Crippen LogP contribution in [-0.2, 0) is 4.79 Å². The molecule has 1 saturated carbocycles. The summed E-state index contributed by atoms with van der Waals surface area (Å²) in [4.78, 5) is 11.5. The zero-order valence-electron chi connectivity index (χ0n) is 7.43. The summed E-state index contributed by atoms with van der Waals surface area (Å²) in [5.74, 6) is 0.310. The average Bonchev–Trinajstić information content (AvgIpc) is 1.86. The molecule has 0 aromatic rings. The Morgan fingerprint density at radius 1 is 1.18 bits per heavy atom. The second-order valence-electron chi connectivity index (χ2n) is 4.12. The molecule has 0 aromatic carbocycles. The van der Waals surface area contributed by atoms with Crippen molar-refractivity contribution >= 4 is 18.4 Å². The molecule has 0 radical (unpaired) electrons. The number of carbonyl (C=O) groups is 1. The van der Waals surface area contributed by atoms with Crippen LogP contribution in [0.25, 0.3) is 0 Å². The number of hydrogen-bond donors (Lipinski definition) is 1. The van der Waals surface area contributed by atoms with Crippen LogP contribution < -0.4 is 0 Å². The molecule has 2 heteroatoms. The van der Waals surface area contributed by atoms with Crippen molar-refractivity contribution in [3.05, 3.63) is 11.0 Å². The lowest BCUT2D eigenvalue weighted by molar-refractivity contribution is -0.141. The number of carbonyl (C=O) groups excluding carboxylic acids is 1. The molecule has 0 heterocycles. The monoisotopic (exact) mass is 170 g/mol. The molecule has 0 saturated heterocycles. The number of hydrogen-bond acceptors (Lipinski definition) is 2. The van der Waals surface area contributed by atoms with Crippen molar-refractivity contribution in [1.82, 2.24) is 0 Å². The molecule has 1 fully saturated rings. The van der Waals surface area contributed by atoms with E-state index >= 15 is 0 Å². The van der Waals surface area contributed by atoms with Gasteiger partial charge in [0.2, 0.25) is 0 Å². The Morgan fingerprint density at radius 2 is 1.55 bits per heavy atom. The largest absolute Gasteiger partial charge is 0.298 e. The van der Waals surface area contributed by atoms with E-state index in [0.717, 1.165) is 5.57 Å². The van der Waals surface area contributed by atoms with Crippen molar-refractivity contribution < 1.29 is 4.79 Å². The molecule has 0 spiro atoms. The van der Waals surface area contributed by atoms with Crippen LogP contribution in [0.3, 0.4) is 0 Å². The van der Waals surface area contributed by atoms with Gasteiger partial charge in [0.1, 0.15) is 0 Å². The quantitative estimate of drug-likeness (QED) is 0.552. The van der Waals surface area contributed by atoms with Gasteiger partial charge in [0.25, 0.3) is 0 Å². The first kappa shape index (κ1) is 8.85. The number of rotatable bonds is 0. The Hall–Kier alpha value is -0.240. The molecule has 1 rings (SSSR count). The van der Waals surface area contributed by atoms with E-state index in [1.807, 2.05) is 27.7 Å².